The third-order valence-corrected chi connectivity index (χ3v) is 5.01. The van der Waals surface area contributed by atoms with Crippen molar-refractivity contribution in [3.8, 4) is 0 Å². The van der Waals surface area contributed by atoms with Crippen LogP contribution in [0.15, 0.2) is 41.7 Å². The zero-order valence-corrected chi connectivity index (χ0v) is 18.0. The van der Waals surface area contributed by atoms with Gasteiger partial charge in [-0.05, 0) is 24.2 Å². The highest BCUT2D eigenvalue weighted by Crippen LogP contribution is 2.23. The molecule has 3 rings (SSSR count). The van der Waals surface area contributed by atoms with Crippen molar-refractivity contribution in [2.75, 3.05) is 24.7 Å². The van der Waals surface area contributed by atoms with Crippen LogP contribution in [0.5, 0.6) is 0 Å². The number of benzene rings is 1. The van der Waals surface area contributed by atoms with Crippen molar-refractivity contribution in [1.82, 2.24) is 25.1 Å². The van der Waals surface area contributed by atoms with Crippen LogP contribution in [0.1, 0.15) is 25.8 Å². The Labute approximate surface area is 175 Å². The Hall–Kier alpha value is -2.61. The van der Waals surface area contributed by atoms with Gasteiger partial charge in [-0.1, -0.05) is 55.9 Å². The van der Waals surface area contributed by atoms with Crippen LogP contribution >= 0.6 is 11.8 Å². The number of hydrogen-bond donors (Lipinski definition) is 2. The average molecular weight is 413 g/mol. The molecule has 0 bridgehead atoms. The maximum absolute atomic E-state index is 12.1. The lowest BCUT2D eigenvalue weighted by Gasteiger charge is -2.11. The fraction of sp³-hybridized carbons (Fsp3) is 0.429. The molecular weight excluding hydrogens is 384 g/mol. The first-order valence-electron chi connectivity index (χ1n) is 9.89. The third-order valence-electron chi connectivity index (χ3n) is 4.47. The smallest absolute Gasteiger partial charge is 0.220 e. The van der Waals surface area contributed by atoms with Crippen LogP contribution in [0.3, 0.4) is 0 Å². The first-order valence-corrected chi connectivity index (χ1v) is 11.1. The Kier molecular flexibility index (Phi) is 7.46. The number of rotatable bonds is 10. The van der Waals surface area contributed by atoms with Gasteiger partial charge in [0.15, 0.2) is 10.8 Å². The maximum Gasteiger partial charge on any atom is 0.220 e. The van der Waals surface area contributed by atoms with E-state index in [9.17, 15) is 4.79 Å². The maximum atomic E-state index is 12.1. The van der Waals surface area contributed by atoms with Crippen molar-refractivity contribution in [2.24, 2.45) is 5.92 Å². The second-order valence-corrected chi connectivity index (χ2v) is 8.05. The van der Waals surface area contributed by atoms with Gasteiger partial charge in [-0.3, -0.25) is 4.79 Å². The number of carbonyl (C=O) groups is 1. The van der Waals surface area contributed by atoms with Gasteiger partial charge in [-0.25, -0.2) is 14.6 Å². The summed E-state index contributed by atoms with van der Waals surface area (Å²) in [5.74, 6) is 1.37. The van der Waals surface area contributed by atoms with E-state index >= 15 is 0 Å². The highest BCUT2D eigenvalue weighted by atomic mass is 32.2. The zero-order valence-electron chi connectivity index (χ0n) is 17.2. The van der Waals surface area contributed by atoms with Crippen molar-refractivity contribution in [2.45, 2.75) is 38.4 Å². The van der Waals surface area contributed by atoms with Gasteiger partial charge in [-0.2, -0.15) is 5.10 Å². The predicted octanol–water partition coefficient (Wildman–Crippen LogP) is 3.37. The number of hydrogen-bond acceptors (Lipinski definition) is 6. The highest BCUT2D eigenvalue weighted by Gasteiger charge is 2.13. The molecule has 1 amide bonds. The molecular formula is C21H28N6OS. The summed E-state index contributed by atoms with van der Waals surface area (Å²) in [6, 6.07) is 10.0. The summed E-state index contributed by atoms with van der Waals surface area (Å²) in [5.41, 5.74) is 1.96. The van der Waals surface area contributed by atoms with Crippen molar-refractivity contribution in [3.63, 3.8) is 0 Å². The molecule has 29 heavy (non-hydrogen) atoms. The van der Waals surface area contributed by atoms with Crippen molar-refractivity contribution in [3.05, 3.63) is 42.1 Å². The summed E-state index contributed by atoms with van der Waals surface area (Å²) in [6.45, 7) is 6.23. The number of aryl methyl sites for hydroxylation is 1. The van der Waals surface area contributed by atoms with Crippen LogP contribution in [-0.2, 0) is 17.8 Å². The number of amides is 1. The summed E-state index contributed by atoms with van der Waals surface area (Å²) in [5, 5.41) is 12.4. The number of fused-ring (bicyclic) bond motifs is 1. The average Bonchev–Trinajstić information content (AvgIpc) is 3.14. The van der Waals surface area contributed by atoms with Crippen LogP contribution in [-0.4, -0.2) is 45.0 Å². The van der Waals surface area contributed by atoms with Gasteiger partial charge >= 0.3 is 0 Å². The SMILES string of the molecule is CSc1nc(NCC(C)C)c2cnn(CCNC(=O)CCc3ccccc3)c2n1. The van der Waals surface area contributed by atoms with E-state index in [-0.39, 0.29) is 5.91 Å². The largest absolute Gasteiger partial charge is 0.369 e. The molecule has 0 fully saturated rings. The van der Waals surface area contributed by atoms with Crippen molar-refractivity contribution >= 4 is 34.5 Å². The van der Waals surface area contributed by atoms with E-state index in [1.54, 1.807) is 6.20 Å². The molecule has 0 radical (unpaired) electrons. The number of anilines is 1. The summed E-state index contributed by atoms with van der Waals surface area (Å²) >= 11 is 1.50. The number of thioether (sulfide) groups is 1. The molecule has 1 aromatic carbocycles. The number of carbonyl (C=O) groups excluding carboxylic acids is 1. The minimum Gasteiger partial charge on any atom is -0.369 e. The first kappa shape index (κ1) is 21.1. The van der Waals surface area contributed by atoms with E-state index in [1.165, 1.54) is 17.3 Å². The first-order chi connectivity index (χ1) is 14.1. The quantitative estimate of drug-likeness (QED) is 0.392. The normalized spacial score (nSPS) is 11.2. The number of nitrogens with zero attached hydrogens (tertiary/aromatic N) is 4. The molecule has 0 aliphatic carbocycles. The minimum absolute atomic E-state index is 0.0454. The Morgan fingerprint density at radius 3 is 2.72 bits per heavy atom. The molecule has 0 aliphatic heterocycles. The van der Waals surface area contributed by atoms with Crippen molar-refractivity contribution < 1.29 is 4.79 Å². The van der Waals surface area contributed by atoms with E-state index in [1.807, 2.05) is 41.3 Å². The van der Waals surface area contributed by atoms with Gasteiger partial charge in [0.1, 0.15) is 5.82 Å². The highest BCUT2D eigenvalue weighted by molar-refractivity contribution is 7.98. The van der Waals surface area contributed by atoms with Crippen LogP contribution in [0.2, 0.25) is 0 Å². The molecule has 0 unspecified atom stereocenters. The molecule has 154 valence electrons. The summed E-state index contributed by atoms with van der Waals surface area (Å²) in [6.07, 6.45) is 4.97. The lowest BCUT2D eigenvalue weighted by Crippen LogP contribution is -2.27. The summed E-state index contributed by atoms with van der Waals surface area (Å²) in [7, 11) is 0. The minimum atomic E-state index is 0.0454. The molecule has 7 nitrogen and oxygen atoms in total. The molecule has 0 saturated carbocycles. The topological polar surface area (TPSA) is 84.7 Å². The Bertz CT molecular complexity index is 941. The van der Waals surface area contributed by atoms with E-state index in [4.69, 9.17) is 0 Å². The van der Waals surface area contributed by atoms with Crippen molar-refractivity contribution in [1.29, 1.82) is 0 Å². The van der Waals surface area contributed by atoms with E-state index in [2.05, 4.69) is 39.5 Å². The fourth-order valence-corrected chi connectivity index (χ4v) is 3.28. The summed E-state index contributed by atoms with van der Waals surface area (Å²) in [4.78, 5) is 21.3. The Morgan fingerprint density at radius 1 is 1.21 bits per heavy atom. The molecule has 0 saturated heterocycles. The van der Waals surface area contributed by atoms with Gasteiger partial charge in [0.2, 0.25) is 5.91 Å². The number of nitrogens with one attached hydrogen (secondary N) is 2. The Morgan fingerprint density at radius 2 is 2.00 bits per heavy atom. The van der Waals surface area contributed by atoms with Crippen LogP contribution < -0.4 is 10.6 Å². The van der Waals surface area contributed by atoms with E-state index in [0.717, 1.165) is 29.8 Å². The van der Waals surface area contributed by atoms with E-state index in [0.29, 0.717) is 30.6 Å². The molecule has 0 atom stereocenters. The summed E-state index contributed by atoms with van der Waals surface area (Å²) < 4.78 is 1.83. The van der Waals surface area contributed by atoms with Crippen LogP contribution in [0.4, 0.5) is 5.82 Å². The molecule has 8 heteroatoms. The molecule has 0 aliphatic rings. The van der Waals surface area contributed by atoms with Gasteiger partial charge in [-0.15, -0.1) is 0 Å². The fourth-order valence-electron chi connectivity index (χ4n) is 2.92. The molecule has 2 N–H and O–H groups in total. The van der Waals surface area contributed by atoms with E-state index < -0.39 is 0 Å². The monoisotopic (exact) mass is 412 g/mol. The van der Waals surface area contributed by atoms with Crippen LogP contribution in [0, 0.1) is 5.92 Å². The van der Waals surface area contributed by atoms with Gasteiger partial charge in [0, 0.05) is 19.5 Å². The molecule has 2 heterocycles. The van der Waals surface area contributed by atoms with Gasteiger partial charge < -0.3 is 10.6 Å². The lowest BCUT2D eigenvalue weighted by molar-refractivity contribution is -0.121. The molecule has 2 aromatic heterocycles. The molecule has 0 spiro atoms. The molecule has 3 aromatic rings. The number of aromatic nitrogens is 4. The van der Waals surface area contributed by atoms with Crippen LogP contribution in [0.25, 0.3) is 11.0 Å². The Balaban J connectivity index is 1.59. The zero-order chi connectivity index (χ0) is 20.6. The van der Waals surface area contributed by atoms with Gasteiger partial charge in [0.05, 0.1) is 18.1 Å². The third kappa shape index (κ3) is 5.93. The predicted molar refractivity (Wildman–Crippen MR) is 118 cm³/mol. The lowest BCUT2D eigenvalue weighted by atomic mass is 10.1. The standard InChI is InChI=1S/C21H28N6OS/c1-15(2)13-23-19-17-14-24-27(20(17)26-21(25-19)29-3)12-11-22-18(28)10-9-16-7-5-4-6-8-16/h4-8,14-15H,9-13H2,1-3H3,(H,22,28)(H,23,25,26). The van der Waals surface area contributed by atoms with Gasteiger partial charge in [0.25, 0.3) is 0 Å². The second-order valence-electron chi connectivity index (χ2n) is 7.27. The second kappa shape index (κ2) is 10.2.